The fraction of sp³-hybridized carbons (Fsp3) is 0.333. The van der Waals surface area contributed by atoms with E-state index in [2.05, 4.69) is 29.8 Å². The number of hydrogen-bond donors (Lipinski definition) is 0. The molecule has 0 spiro atoms. The molecular formula is C18H18BrF3O. The molecular weight excluding hydrogens is 369 g/mol. The molecule has 0 aromatic heterocycles. The van der Waals surface area contributed by atoms with Crippen LogP contribution in [0.25, 0.3) is 11.1 Å². The summed E-state index contributed by atoms with van der Waals surface area (Å²) in [5, 5.41) is 0.335. The fourth-order valence-electron chi connectivity index (χ4n) is 2.44. The van der Waals surface area contributed by atoms with Crippen LogP contribution < -0.4 is 4.74 Å². The lowest BCUT2D eigenvalue weighted by Gasteiger charge is -2.17. The third kappa shape index (κ3) is 3.89. The number of alkyl halides is 4. The molecule has 0 bridgehead atoms. The van der Waals surface area contributed by atoms with Crippen molar-refractivity contribution in [2.24, 2.45) is 0 Å². The van der Waals surface area contributed by atoms with E-state index in [0.717, 1.165) is 22.8 Å². The monoisotopic (exact) mass is 386 g/mol. The van der Waals surface area contributed by atoms with Gasteiger partial charge in [0, 0.05) is 10.9 Å². The second kappa shape index (κ2) is 6.95. The van der Waals surface area contributed by atoms with Crippen LogP contribution in [0.1, 0.15) is 36.5 Å². The van der Waals surface area contributed by atoms with Crippen LogP contribution in [0.5, 0.6) is 5.75 Å². The average molecular weight is 387 g/mol. The van der Waals surface area contributed by atoms with Gasteiger partial charge in [0.2, 0.25) is 0 Å². The van der Waals surface area contributed by atoms with Gasteiger partial charge in [-0.25, -0.2) is 0 Å². The van der Waals surface area contributed by atoms with Crippen molar-refractivity contribution in [3.8, 4) is 16.9 Å². The molecule has 0 heterocycles. The highest BCUT2D eigenvalue weighted by Gasteiger charge is 2.31. The SMILES string of the molecule is COc1ccc(C(C)C)cc1-c1ccc(C(F)(F)F)cc1CBr. The van der Waals surface area contributed by atoms with Crippen LogP contribution in [0.2, 0.25) is 0 Å². The summed E-state index contributed by atoms with van der Waals surface area (Å²) in [5.41, 5.74) is 2.60. The molecule has 23 heavy (non-hydrogen) atoms. The Kier molecular flexibility index (Phi) is 5.40. The standard InChI is InChI=1S/C18H18BrF3O/c1-11(2)12-4-7-17(23-3)16(9-12)15-6-5-14(18(20,21)22)8-13(15)10-19/h4-9,11H,10H2,1-3H3. The molecule has 1 nitrogen and oxygen atoms in total. The lowest BCUT2D eigenvalue weighted by Crippen LogP contribution is -2.06. The zero-order valence-electron chi connectivity index (χ0n) is 13.2. The van der Waals surface area contributed by atoms with Crippen molar-refractivity contribution in [2.45, 2.75) is 31.3 Å². The smallest absolute Gasteiger partial charge is 0.416 e. The molecule has 0 amide bonds. The summed E-state index contributed by atoms with van der Waals surface area (Å²) in [5.74, 6) is 0.970. The zero-order chi connectivity index (χ0) is 17.2. The van der Waals surface area contributed by atoms with E-state index in [1.807, 2.05) is 18.2 Å². The Hall–Kier alpha value is -1.49. The van der Waals surface area contributed by atoms with Gasteiger partial charge in [0.1, 0.15) is 5.75 Å². The number of methoxy groups -OCH3 is 1. The van der Waals surface area contributed by atoms with Crippen molar-refractivity contribution in [3.05, 3.63) is 53.1 Å². The maximum Gasteiger partial charge on any atom is 0.416 e. The van der Waals surface area contributed by atoms with Gasteiger partial charge in [-0.1, -0.05) is 41.9 Å². The summed E-state index contributed by atoms with van der Waals surface area (Å²) in [4.78, 5) is 0. The number of halogens is 4. The van der Waals surface area contributed by atoms with Crippen molar-refractivity contribution in [3.63, 3.8) is 0 Å². The highest BCUT2D eigenvalue weighted by Crippen LogP contribution is 2.38. The summed E-state index contributed by atoms with van der Waals surface area (Å²) < 4.78 is 44.1. The first-order valence-electron chi connectivity index (χ1n) is 7.22. The molecule has 0 radical (unpaired) electrons. The average Bonchev–Trinajstić information content (AvgIpc) is 2.52. The summed E-state index contributed by atoms with van der Waals surface area (Å²) in [7, 11) is 1.56. The van der Waals surface area contributed by atoms with Crippen LogP contribution in [0.15, 0.2) is 36.4 Å². The van der Waals surface area contributed by atoms with E-state index in [9.17, 15) is 13.2 Å². The van der Waals surface area contributed by atoms with E-state index in [4.69, 9.17) is 4.74 Å². The number of rotatable bonds is 4. The van der Waals surface area contributed by atoms with Gasteiger partial charge in [-0.3, -0.25) is 0 Å². The van der Waals surface area contributed by atoms with Crippen molar-refractivity contribution < 1.29 is 17.9 Å². The lowest BCUT2D eigenvalue weighted by molar-refractivity contribution is -0.137. The van der Waals surface area contributed by atoms with Gasteiger partial charge in [0.15, 0.2) is 0 Å². The Morgan fingerprint density at radius 2 is 1.74 bits per heavy atom. The highest BCUT2D eigenvalue weighted by atomic mass is 79.9. The Morgan fingerprint density at radius 1 is 1.04 bits per heavy atom. The molecule has 2 aromatic carbocycles. The van der Waals surface area contributed by atoms with Gasteiger partial charge in [0.25, 0.3) is 0 Å². The van der Waals surface area contributed by atoms with Gasteiger partial charge < -0.3 is 4.74 Å². The fourth-order valence-corrected chi connectivity index (χ4v) is 2.90. The third-order valence-corrected chi connectivity index (χ3v) is 4.36. The predicted octanol–water partition coefficient (Wildman–Crippen LogP) is 6.40. The summed E-state index contributed by atoms with van der Waals surface area (Å²) >= 11 is 3.29. The topological polar surface area (TPSA) is 9.23 Å². The van der Waals surface area contributed by atoms with Gasteiger partial charge in [-0.2, -0.15) is 13.2 Å². The number of ether oxygens (including phenoxy) is 1. The molecule has 2 rings (SSSR count). The van der Waals surface area contributed by atoms with Crippen molar-refractivity contribution in [2.75, 3.05) is 7.11 Å². The second-order valence-corrected chi connectivity index (χ2v) is 6.18. The van der Waals surface area contributed by atoms with Crippen LogP contribution in [-0.4, -0.2) is 7.11 Å². The van der Waals surface area contributed by atoms with E-state index in [-0.39, 0.29) is 0 Å². The van der Waals surface area contributed by atoms with E-state index in [0.29, 0.717) is 22.6 Å². The second-order valence-electron chi connectivity index (χ2n) is 5.62. The van der Waals surface area contributed by atoms with Gasteiger partial charge in [-0.15, -0.1) is 0 Å². The van der Waals surface area contributed by atoms with E-state index >= 15 is 0 Å². The first-order chi connectivity index (χ1) is 10.8. The molecule has 0 saturated heterocycles. The molecule has 0 N–H and O–H groups in total. The molecule has 0 aliphatic carbocycles. The summed E-state index contributed by atoms with van der Waals surface area (Å²) in [6.07, 6.45) is -4.35. The summed E-state index contributed by atoms with van der Waals surface area (Å²) in [6.45, 7) is 4.15. The van der Waals surface area contributed by atoms with Gasteiger partial charge >= 0.3 is 6.18 Å². The van der Waals surface area contributed by atoms with Crippen LogP contribution in [0.4, 0.5) is 13.2 Å². The molecule has 5 heteroatoms. The number of benzene rings is 2. The first-order valence-corrected chi connectivity index (χ1v) is 8.34. The Morgan fingerprint density at radius 3 is 2.26 bits per heavy atom. The minimum atomic E-state index is -4.35. The molecule has 0 saturated carbocycles. The first kappa shape index (κ1) is 17.9. The van der Waals surface area contributed by atoms with Gasteiger partial charge in [-0.05, 0) is 46.9 Å². The third-order valence-electron chi connectivity index (χ3n) is 3.76. The van der Waals surface area contributed by atoms with Crippen LogP contribution in [-0.2, 0) is 11.5 Å². The molecule has 0 atom stereocenters. The predicted molar refractivity (Wildman–Crippen MR) is 90.2 cm³/mol. The van der Waals surface area contributed by atoms with Crippen molar-refractivity contribution >= 4 is 15.9 Å². The zero-order valence-corrected chi connectivity index (χ0v) is 14.8. The minimum absolute atomic E-state index is 0.321. The van der Waals surface area contributed by atoms with Gasteiger partial charge in [0.05, 0.1) is 12.7 Å². The summed E-state index contributed by atoms with van der Waals surface area (Å²) in [6, 6.07) is 9.64. The largest absolute Gasteiger partial charge is 0.496 e. The minimum Gasteiger partial charge on any atom is -0.496 e. The quantitative estimate of drug-likeness (QED) is 0.552. The molecule has 0 aliphatic rings. The van der Waals surface area contributed by atoms with E-state index in [1.165, 1.54) is 12.1 Å². The Labute approximate surface area is 142 Å². The molecule has 2 aromatic rings. The van der Waals surface area contributed by atoms with Crippen LogP contribution in [0, 0.1) is 0 Å². The molecule has 0 aliphatic heterocycles. The lowest BCUT2D eigenvalue weighted by atomic mass is 9.93. The Bertz CT molecular complexity index is 693. The molecule has 0 unspecified atom stereocenters. The number of hydrogen-bond acceptors (Lipinski definition) is 1. The maximum absolute atomic E-state index is 12.9. The molecule has 0 fully saturated rings. The van der Waals surface area contributed by atoms with E-state index in [1.54, 1.807) is 7.11 Å². The normalized spacial score (nSPS) is 11.8. The highest BCUT2D eigenvalue weighted by molar-refractivity contribution is 9.08. The molecule has 124 valence electrons. The van der Waals surface area contributed by atoms with Crippen LogP contribution >= 0.6 is 15.9 Å². The van der Waals surface area contributed by atoms with Crippen LogP contribution in [0.3, 0.4) is 0 Å². The van der Waals surface area contributed by atoms with E-state index < -0.39 is 11.7 Å². The van der Waals surface area contributed by atoms with Crippen molar-refractivity contribution in [1.82, 2.24) is 0 Å². The van der Waals surface area contributed by atoms with Crippen molar-refractivity contribution in [1.29, 1.82) is 0 Å². The Balaban J connectivity index is 2.63. The maximum atomic E-state index is 12.9.